The Morgan fingerprint density at radius 3 is 2.64 bits per heavy atom. The van der Waals surface area contributed by atoms with E-state index < -0.39 is 0 Å². The highest BCUT2D eigenvalue weighted by atomic mass is 16.5. The summed E-state index contributed by atoms with van der Waals surface area (Å²) in [6.07, 6.45) is 0.459. The van der Waals surface area contributed by atoms with Gasteiger partial charge in [-0.15, -0.1) is 0 Å². The Labute approximate surface area is 68.3 Å². The zero-order valence-electron chi connectivity index (χ0n) is 7.38. The predicted molar refractivity (Wildman–Crippen MR) is 43.7 cm³/mol. The lowest BCUT2D eigenvalue weighted by atomic mass is 10.2. The Bertz CT molecular complexity index is 102. The summed E-state index contributed by atoms with van der Waals surface area (Å²) in [7, 11) is 2.10. The topological polar surface area (TPSA) is 21.7 Å². The molecule has 0 amide bonds. The molecule has 0 radical (unpaired) electrons. The van der Waals surface area contributed by atoms with Gasteiger partial charge in [0.25, 0.3) is 0 Å². The van der Waals surface area contributed by atoms with Crippen LogP contribution in [0.2, 0.25) is 0 Å². The van der Waals surface area contributed by atoms with E-state index in [2.05, 4.69) is 11.9 Å². The molecule has 0 atom stereocenters. The minimum Gasteiger partial charge on any atom is -0.379 e. The second-order valence-corrected chi connectivity index (χ2v) is 2.91. The third kappa shape index (κ3) is 3.18. The molecular formula is C8H17NO2. The summed E-state index contributed by atoms with van der Waals surface area (Å²) in [6, 6.07) is 0. The van der Waals surface area contributed by atoms with E-state index in [-0.39, 0.29) is 0 Å². The maximum absolute atomic E-state index is 5.48. The first-order chi connectivity index (χ1) is 5.33. The molecule has 1 heterocycles. The molecule has 11 heavy (non-hydrogen) atoms. The first-order valence-electron chi connectivity index (χ1n) is 4.21. The van der Waals surface area contributed by atoms with Crippen LogP contribution in [0.25, 0.3) is 0 Å². The highest BCUT2D eigenvalue weighted by Crippen LogP contribution is 2.07. The Hall–Kier alpha value is -0.120. The molecule has 0 aromatic heterocycles. The molecule has 0 unspecified atom stereocenters. The van der Waals surface area contributed by atoms with Gasteiger partial charge >= 0.3 is 0 Å². The van der Waals surface area contributed by atoms with Gasteiger partial charge in [-0.3, -0.25) is 0 Å². The van der Waals surface area contributed by atoms with E-state index in [1.54, 1.807) is 0 Å². The van der Waals surface area contributed by atoms with Gasteiger partial charge in [-0.1, -0.05) is 0 Å². The summed E-state index contributed by atoms with van der Waals surface area (Å²) in [5.74, 6) is 0. The number of likely N-dealkylation sites (tertiary alicyclic amines) is 1. The van der Waals surface area contributed by atoms with Crippen molar-refractivity contribution in [3.8, 4) is 0 Å². The quantitative estimate of drug-likeness (QED) is 0.540. The van der Waals surface area contributed by atoms with Crippen LogP contribution in [0.4, 0.5) is 0 Å². The fourth-order valence-electron chi connectivity index (χ4n) is 1.17. The third-order valence-electron chi connectivity index (χ3n) is 1.82. The number of nitrogens with zero attached hydrogens (tertiary/aromatic N) is 1. The van der Waals surface area contributed by atoms with Crippen molar-refractivity contribution in [2.24, 2.45) is 0 Å². The van der Waals surface area contributed by atoms with Gasteiger partial charge in [0.2, 0.25) is 0 Å². The first kappa shape index (κ1) is 8.97. The van der Waals surface area contributed by atoms with E-state index in [1.165, 1.54) is 0 Å². The number of ether oxygens (including phenoxy) is 2. The fraction of sp³-hybridized carbons (Fsp3) is 1.00. The summed E-state index contributed by atoms with van der Waals surface area (Å²) in [4.78, 5) is 2.24. The van der Waals surface area contributed by atoms with E-state index in [0.717, 1.165) is 32.9 Å². The van der Waals surface area contributed by atoms with E-state index in [4.69, 9.17) is 9.47 Å². The molecule has 1 aliphatic rings. The average molecular weight is 159 g/mol. The van der Waals surface area contributed by atoms with Crippen molar-refractivity contribution in [2.45, 2.75) is 13.0 Å². The van der Waals surface area contributed by atoms with Gasteiger partial charge in [0.15, 0.2) is 0 Å². The van der Waals surface area contributed by atoms with Gasteiger partial charge in [0, 0.05) is 19.7 Å². The SMILES string of the molecule is CCOCCOC1CN(C)C1. The van der Waals surface area contributed by atoms with E-state index in [9.17, 15) is 0 Å². The van der Waals surface area contributed by atoms with Crippen molar-refractivity contribution in [1.29, 1.82) is 0 Å². The smallest absolute Gasteiger partial charge is 0.0829 e. The normalized spacial score (nSPS) is 20.2. The first-order valence-corrected chi connectivity index (χ1v) is 4.21. The molecule has 3 heteroatoms. The molecule has 0 aromatic carbocycles. The second-order valence-electron chi connectivity index (χ2n) is 2.91. The lowest BCUT2D eigenvalue weighted by Gasteiger charge is -2.35. The Morgan fingerprint density at radius 1 is 1.36 bits per heavy atom. The predicted octanol–water partition coefficient (Wildman–Crippen LogP) is 0.353. The van der Waals surface area contributed by atoms with E-state index in [1.807, 2.05) is 6.92 Å². The molecule has 0 spiro atoms. The maximum atomic E-state index is 5.48. The molecule has 1 rings (SSSR count). The van der Waals surface area contributed by atoms with E-state index in [0.29, 0.717) is 6.10 Å². The van der Waals surface area contributed by atoms with Crippen molar-refractivity contribution in [1.82, 2.24) is 4.90 Å². The second kappa shape index (κ2) is 4.70. The minimum atomic E-state index is 0.459. The van der Waals surface area contributed by atoms with Crippen LogP contribution in [0.3, 0.4) is 0 Å². The van der Waals surface area contributed by atoms with Gasteiger partial charge in [0.05, 0.1) is 19.3 Å². The molecule has 1 fully saturated rings. The lowest BCUT2D eigenvalue weighted by Crippen LogP contribution is -2.49. The largest absolute Gasteiger partial charge is 0.379 e. The molecule has 3 nitrogen and oxygen atoms in total. The highest BCUT2D eigenvalue weighted by Gasteiger charge is 2.22. The van der Waals surface area contributed by atoms with Crippen LogP contribution in [-0.4, -0.2) is 51.0 Å². The molecule has 1 saturated heterocycles. The molecule has 66 valence electrons. The minimum absolute atomic E-state index is 0.459. The Kier molecular flexibility index (Phi) is 3.83. The van der Waals surface area contributed by atoms with Gasteiger partial charge in [0.1, 0.15) is 0 Å². The van der Waals surface area contributed by atoms with Gasteiger partial charge in [-0.2, -0.15) is 0 Å². The maximum Gasteiger partial charge on any atom is 0.0829 e. The fourth-order valence-corrected chi connectivity index (χ4v) is 1.17. The molecule has 0 aromatic rings. The molecule has 1 aliphatic heterocycles. The van der Waals surface area contributed by atoms with Crippen LogP contribution < -0.4 is 0 Å². The van der Waals surface area contributed by atoms with Gasteiger partial charge < -0.3 is 14.4 Å². The standard InChI is InChI=1S/C8H17NO2/c1-3-10-4-5-11-8-6-9(2)7-8/h8H,3-7H2,1-2H3. The summed E-state index contributed by atoms with van der Waals surface area (Å²) in [5.41, 5.74) is 0. The molecule has 0 N–H and O–H groups in total. The highest BCUT2D eigenvalue weighted by molar-refractivity contribution is 4.76. The summed E-state index contributed by atoms with van der Waals surface area (Å²) in [5, 5.41) is 0. The summed E-state index contributed by atoms with van der Waals surface area (Å²) < 4.78 is 10.6. The zero-order chi connectivity index (χ0) is 8.10. The van der Waals surface area contributed by atoms with Crippen molar-refractivity contribution in [2.75, 3.05) is 40.0 Å². The summed E-state index contributed by atoms with van der Waals surface area (Å²) in [6.45, 7) is 6.41. The van der Waals surface area contributed by atoms with Crippen LogP contribution in [0.15, 0.2) is 0 Å². The van der Waals surface area contributed by atoms with Gasteiger partial charge in [-0.05, 0) is 14.0 Å². The Morgan fingerprint density at radius 2 is 2.09 bits per heavy atom. The number of likely N-dealkylation sites (N-methyl/N-ethyl adjacent to an activating group) is 1. The van der Waals surface area contributed by atoms with E-state index >= 15 is 0 Å². The van der Waals surface area contributed by atoms with Crippen LogP contribution >= 0.6 is 0 Å². The summed E-state index contributed by atoms with van der Waals surface area (Å²) >= 11 is 0. The van der Waals surface area contributed by atoms with Crippen LogP contribution in [0.5, 0.6) is 0 Å². The molecule has 0 bridgehead atoms. The monoisotopic (exact) mass is 159 g/mol. The third-order valence-corrected chi connectivity index (χ3v) is 1.82. The lowest BCUT2D eigenvalue weighted by molar-refractivity contribution is -0.0608. The number of hydrogen-bond donors (Lipinski definition) is 0. The average Bonchev–Trinajstić information content (AvgIpc) is 1.94. The van der Waals surface area contributed by atoms with Gasteiger partial charge in [-0.25, -0.2) is 0 Å². The van der Waals surface area contributed by atoms with Crippen molar-refractivity contribution in [3.63, 3.8) is 0 Å². The van der Waals surface area contributed by atoms with Crippen molar-refractivity contribution in [3.05, 3.63) is 0 Å². The molecule has 0 aliphatic carbocycles. The van der Waals surface area contributed by atoms with Crippen LogP contribution in [0, 0.1) is 0 Å². The van der Waals surface area contributed by atoms with Crippen LogP contribution in [0.1, 0.15) is 6.92 Å². The van der Waals surface area contributed by atoms with Crippen molar-refractivity contribution >= 4 is 0 Å². The van der Waals surface area contributed by atoms with Crippen LogP contribution in [-0.2, 0) is 9.47 Å². The Balaban J connectivity index is 1.81. The van der Waals surface area contributed by atoms with Crippen molar-refractivity contribution < 1.29 is 9.47 Å². The number of rotatable bonds is 5. The molecule has 0 saturated carbocycles. The zero-order valence-corrected chi connectivity index (χ0v) is 7.38. The number of hydrogen-bond acceptors (Lipinski definition) is 3. The molecular weight excluding hydrogens is 142 g/mol.